The first-order valence-electron chi connectivity index (χ1n) is 5.97. The molecule has 98 valence electrons. The van der Waals surface area contributed by atoms with Gasteiger partial charge in [-0.2, -0.15) is 9.78 Å². The summed E-state index contributed by atoms with van der Waals surface area (Å²) in [7, 11) is 0. The average molecular weight is 302 g/mol. The molecule has 0 aliphatic carbocycles. The Balaban J connectivity index is 2.09. The van der Waals surface area contributed by atoms with Crippen molar-refractivity contribution < 1.29 is 0 Å². The average Bonchev–Trinajstić information content (AvgIpc) is 3.03. The Morgan fingerprint density at radius 1 is 1.30 bits per heavy atom. The van der Waals surface area contributed by atoms with E-state index in [9.17, 15) is 4.79 Å². The molecule has 0 saturated carbocycles. The highest BCUT2D eigenvalue weighted by atomic mass is 35.5. The third kappa shape index (κ3) is 1.60. The quantitative estimate of drug-likeness (QED) is 0.584. The fourth-order valence-corrected chi connectivity index (χ4v) is 3.13. The van der Waals surface area contributed by atoms with E-state index >= 15 is 0 Å². The number of aromatic amines is 1. The van der Waals surface area contributed by atoms with Gasteiger partial charge < -0.3 is 4.98 Å². The molecule has 0 saturated heterocycles. The van der Waals surface area contributed by atoms with E-state index in [2.05, 4.69) is 10.1 Å². The third-order valence-electron chi connectivity index (χ3n) is 3.23. The van der Waals surface area contributed by atoms with Crippen molar-refractivity contribution >= 4 is 33.8 Å². The van der Waals surface area contributed by atoms with Gasteiger partial charge in [-0.25, -0.2) is 0 Å². The van der Waals surface area contributed by atoms with E-state index in [0.717, 1.165) is 10.9 Å². The zero-order valence-electron chi connectivity index (χ0n) is 10.1. The second kappa shape index (κ2) is 4.19. The molecule has 0 bridgehead atoms. The largest absolute Gasteiger partial charge is 0.360 e. The Hall–Kier alpha value is -2.11. The second-order valence-electron chi connectivity index (χ2n) is 4.42. The molecule has 1 aromatic carbocycles. The Kier molecular flexibility index (Phi) is 2.45. The van der Waals surface area contributed by atoms with Gasteiger partial charge in [0.1, 0.15) is 5.69 Å². The summed E-state index contributed by atoms with van der Waals surface area (Å²) in [4.78, 5) is 15.6. The molecule has 1 N–H and O–H groups in total. The summed E-state index contributed by atoms with van der Waals surface area (Å²) in [6.07, 6.45) is 1.71. The van der Waals surface area contributed by atoms with Crippen molar-refractivity contribution in [2.45, 2.75) is 0 Å². The van der Waals surface area contributed by atoms with E-state index in [1.54, 1.807) is 12.3 Å². The number of H-pyrrole nitrogens is 1. The lowest BCUT2D eigenvalue weighted by atomic mass is 10.1. The molecule has 0 spiro atoms. The lowest BCUT2D eigenvalue weighted by Crippen LogP contribution is -2.13. The van der Waals surface area contributed by atoms with Crippen LogP contribution in [0.1, 0.15) is 0 Å². The minimum atomic E-state index is -0.142. The van der Waals surface area contributed by atoms with E-state index in [1.807, 2.05) is 29.6 Å². The molecule has 3 heterocycles. The van der Waals surface area contributed by atoms with Crippen LogP contribution in [0.3, 0.4) is 0 Å². The molecule has 0 radical (unpaired) electrons. The Labute approximate surface area is 122 Å². The number of para-hydroxylation sites is 1. The fourth-order valence-electron chi connectivity index (χ4n) is 2.30. The predicted molar refractivity (Wildman–Crippen MR) is 81.2 cm³/mol. The van der Waals surface area contributed by atoms with Crippen LogP contribution in [-0.4, -0.2) is 14.8 Å². The van der Waals surface area contributed by atoms with Crippen molar-refractivity contribution in [1.29, 1.82) is 0 Å². The van der Waals surface area contributed by atoms with Gasteiger partial charge in [0.05, 0.1) is 15.6 Å². The summed E-state index contributed by atoms with van der Waals surface area (Å²) >= 11 is 7.30. The van der Waals surface area contributed by atoms with Crippen molar-refractivity contribution in [2.24, 2.45) is 0 Å². The number of halogens is 1. The van der Waals surface area contributed by atoms with Crippen molar-refractivity contribution in [3.05, 3.63) is 56.6 Å². The standard InChI is InChI=1S/C14H8ClN3OS/c15-12-5-8(7-20-12)18-14(19)10-6-16-11-4-2-1-3-9(11)13(10)17-18/h1-7,16H. The van der Waals surface area contributed by atoms with Crippen LogP contribution in [0.15, 0.2) is 46.7 Å². The van der Waals surface area contributed by atoms with Gasteiger partial charge in [-0.3, -0.25) is 4.79 Å². The van der Waals surface area contributed by atoms with Crippen LogP contribution < -0.4 is 5.56 Å². The Morgan fingerprint density at radius 3 is 2.95 bits per heavy atom. The summed E-state index contributed by atoms with van der Waals surface area (Å²) in [5.41, 5.74) is 2.78. The summed E-state index contributed by atoms with van der Waals surface area (Å²) in [6.45, 7) is 0. The molecular weight excluding hydrogens is 294 g/mol. The molecule has 0 fully saturated rings. The molecule has 0 amide bonds. The maximum absolute atomic E-state index is 12.4. The SMILES string of the molecule is O=c1c2c[nH]c3ccccc3c-2nn1-c1csc(Cl)c1. The first-order chi connectivity index (χ1) is 9.74. The van der Waals surface area contributed by atoms with E-state index in [0.29, 0.717) is 21.3 Å². The normalized spacial score (nSPS) is 11.4. The van der Waals surface area contributed by atoms with Crippen molar-refractivity contribution in [3.63, 3.8) is 0 Å². The molecule has 1 aromatic heterocycles. The minimum absolute atomic E-state index is 0.142. The number of pyridine rings is 1. The zero-order chi connectivity index (χ0) is 13.7. The van der Waals surface area contributed by atoms with Crippen molar-refractivity contribution in [1.82, 2.24) is 14.8 Å². The second-order valence-corrected chi connectivity index (χ2v) is 5.97. The molecule has 4 rings (SSSR count). The van der Waals surface area contributed by atoms with Crippen LogP contribution in [0.5, 0.6) is 0 Å². The smallest absolute Gasteiger partial charge is 0.282 e. The number of aromatic nitrogens is 3. The highest BCUT2D eigenvalue weighted by molar-refractivity contribution is 7.14. The summed E-state index contributed by atoms with van der Waals surface area (Å²) in [6, 6.07) is 9.52. The molecule has 2 aliphatic rings. The number of nitrogens with zero attached hydrogens (tertiary/aromatic N) is 2. The summed E-state index contributed by atoms with van der Waals surface area (Å²) in [5.74, 6) is 0. The Bertz CT molecular complexity index is 952. The van der Waals surface area contributed by atoms with Gasteiger partial charge in [0.15, 0.2) is 0 Å². The van der Waals surface area contributed by atoms with Crippen molar-refractivity contribution in [2.75, 3.05) is 0 Å². The fraction of sp³-hybridized carbons (Fsp3) is 0. The molecule has 0 unspecified atom stereocenters. The van der Waals surface area contributed by atoms with Gasteiger partial charge in [-0.1, -0.05) is 29.8 Å². The van der Waals surface area contributed by atoms with E-state index in [4.69, 9.17) is 11.6 Å². The van der Waals surface area contributed by atoms with E-state index in [-0.39, 0.29) is 5.56 Å². The first-order valence-corrected chi connectivity index (χ1v) is 7.23. The highest BCUT2D eigenvalue weighted by Crippen LogP contribution is 2.27. The van der Waals surface area contributed by atoms with Crippen LogP contribution in [0.4, 0.5) is 0 Å². The van der Waals surface area contributed by atoms with E-state index < -0.39 is 0 Å². The van der Waals surface area contributed by atoms with Gasteiger partial charge in [-0.15, -0.1) is 11.3 Å². The number of benzene rings is 1. The minimum Gasteiger partial charge on any atom is -0.360 e. The number of nitrogens with one attached hydrogen (secondary N) is 1. The molecule has 4 nitrogen and oxygen atoms in total. The maximum Gasteiger partial charge on any atom is 0.282 e. The summed E-state index contributed by atoms with van der Waals surface area (Å²) in [5, 5.41) is 7.21. The molecular formula is C14H8ClN3OS. The van der Waals surface area contributed by atoms with E-state index in [1.165, 1.54) is 16.0 Å². The number of thiophene rings is 1. The number of rotatable bonds is 1. The van der Waals surface area contributed by atoms with Crippen LogP contribution in [0.25, 0.3) is 27.8 Å². The van der Waals surface area contributed by atoms with Gasteiger partial charge in [0, 0.05) is 22.5 Å². The monoisotopic (exact) mass is 301 g/mol. The van der Waals surface area contributed by atoms with Crippen LogP contribution in [0.2, 0.25) is 4.34 Å². The third-order valence-corrected chi connectivity index (χ3v) is 4.31. The van der Waals surface area contributed by atoms with Gasteiger partial charge in [0.2, 0.25) is 0 Å². The maximum atomic E-state index is 12.4. The molecule has 6 heteroatoms. The van der Waals surface area contributed by atoms with Gasteiger partial charge >= 0.3 is 0 Å². The topological polar surface area (TPSA) is 50.7 Å². The molecule has 2 aromatic rings. The number of hydrogen-bond acceptors (Lipinski definition) is 3. The lowest BCUT2D eigenvalue weighted by molar-refractivity contribution is 0.863. The zero-order valence-corrected chi connectivity index (χ0v) is 11.7. The van der Waals surface area contributed by atoms with Gasteiger partial charge in [0.25, 0.3) is 5.56 Å². The highest BCUT2D eigenvalue weighted by Gasteiger charge is 2.19. The van der Waals surface area contributed by atoms with Crippen LogP contribution in [0, 0.1) is 0 Å². The van der Waals surface area contributed by atoms with Gasteiger partial charge in [-0.05, 0) is 12.1 Å². The Morgan fingerprint density at radius 2 is 2.15 bits per heavy atom. The molecule has 0 atom stereocenters. The van der Waals surface area contributed by atoms with Crippen molar-refractivity contribution in [3.8, 4) is 16.9 Å². The predicted octanol–water partition coefficient (Wildman–Crippen LogP) is 3.53. The van der Waals surface area contributed by atoms with Crippen LogP contribution in [-0.2, 0) is 0 Å². The number of fused-ring (bicyclic) bond motifs is 3. The number of hydrogen-bond donors (Lipinski definition) is 1. The first kappa shape index (κ1) is 11.7. The molecule has 2 aliphatic heterocycles. The van der Waals surface area contributed by atoms with Crippen LogP contribution >= 0.6 is 22.9 Å². The summed E-state index contributed by atoms with van der Waals surface area (Å²) < 4.78 is 2.03. The molecule has 20 heavy (non-hydrogen) atoms. The lowest BCUT2D eigenvalue weighted by Gasteiger charge is -2.01.